The number of H-pyrrole nitrogens is 1. The van der Waals surface area contributed by atoms with E-state index in [1.54, 1.807) is 0 Å². The van der Waals surface area contributed by atoms with Crippen molar-refractivity contribution < 1.29 is 27.1 Å². The fourth-order valence-electron chi connectivity index (χ4n) is 2.90. The summed E-state index contributed by atoms with van der Waals surface area (Å²) >= 11 is 5.55. The number of carbonyl (C=O) groups is 1. The van der Waals surface area contributed by atoms with Gasteiger partial charge < -0.3 is 20.4 Å². The topological polar surface area (TPSA) is 109 Å². The maximum atomic E-state index is 14.5. The molecule has 0 atom stereocenters. The number of ether oxygens (including phenoxy) is 1. The largest absolute Gasteiger partial charge is 0.455 e. The zero-order valence-electron chi connectivity index (χ0n) is 16.7. The number of pyridine rings is 1. The van der Waals surface area contributed by atoms with Crippen LogP contribution in [-0.2, 0) is 6.18 Å². The number of aromatic nitrogens is 3. The molecule has 2 heterocycles. The molecule has 0 aliphatic carbocycles. The summed E-state index contributed by atoms with van der Waals surface area (Å²) in [5.41, 5.74) is -1.60. The predicted molar refractivity (Wildman–Crippen MR) is 116 cm³/mol. The van der Waals surface area contributed by atoms with E-state index in [1.807, 2.05) is 0 Å². The number of benzene rings is 2. The number of aromatic amines is 1. The summed E-state index contributed by atoms with van der Waals surface area (Å²) in [4.78, 5) is 33.9. The van der Waals surface area contributed by atoms with Crippen LogP contribution in [0.15, 0.2) is 59.7 Å². The maximum Gasteiger partial charge on any atom is 0.417 e. The van der Waals surface area contributed by atoms with Crippen LogP contribution in [0.4, 0.5) is 33.7 Å². The van der Waals surface area contributed by atoms with Crippen LogP contribution in [0.2, 0.25) is 5.02 Å². The van der Waals surface area contributed by atoms with Crippen molar-refractivity contribution >= 4 is 40.2 Å². The Morgan fingerprint density at radius 1 is 1.06 bits per heavy atom. The van der Waals surface area contributed by atoms with Gasteiger partial charge in [-0.25, -0.2) is 19.2 Å². The van der Waals surface area contributed by atoms with Crippen LogP contribution < -0.4 is 20.9 Å². The van der Waals surface area contributed by atoms with E-state index in [4.69, 9.17) is 16.3 Å². The van der Waals surface area contributed by atoms with Gasteiger partial charge in [0.1, 0.15) is 17.1 Å². The molecule has 0 aliphatic rings. The Morgan fingerprint density at radius 3 is 2.59 bits per heavy atom. The minimum atomic E-state index is -4.71. The van der Waals surface area contributed by atoms with E-state index in [0.29, 0.717) is 6.07 Å². The van der Waals surface area contributed by atoms with E-state index < -0.39 is 34.2 Å². The van der Waals surface area contributed by atoms with Crippen LogP contribution in [0.1, 0.15) is 5.56 Å². The van der Waals surface area contributed by atoms with Crippen LogP contribution in [-0.4, -0.2) is 21.0 Å². The summed E-state index contributed by atoms with van der Waals surface area (Å²) in [5, 5.41) is 3.86. The van der Waals surface area contributed by atoms with Gasteiger partial charge in [0.2, 0.25) is 0 Å². The highest BCUT2D eigenvalue weighted by molar-refractivity contribution is 6.31. The number of hydrogen-bond acceptors (Lipinski definition) is 5. The number of amides is 2. The van der Waals surface area contributed by atoms with Gasteiger partial charge in [-0.05, 0) is 30.3 Å². The molecule has 4 rings (SSSR count). The molecular formula is C21H12ClF4N5O3. The first-order chi connectivity index (χ1) is 16.1. The number of alkyl halides is 3. The standard InChI is InChI=1S/C21H12ClF4N5O3/c22-13-3-1-10(7-12(13)21(24,25)26)29-20(33)30-15-4-2-11(8-14(15)23)34-16-5-6-27-19-18(16)28-9-17(32)31-19/h1-9H,(H,27,31,32)(H2,29,30,33). The van der Waals surface area contributed by atoms with E-state index in [0.717, 1.165) is 18.3 Å². The lowest BCUT2D eigenvalue weighted by Crippen LogP contribution is -2.20. The Hall–Kier alpha value is -4.19. The monoisotopic (exact) mass is 493 g/mol. The number of hydrogen-bond donors (Lipinski definition) is 3. The molecule has 0 saturated heterocycles. The number of halogens is 5. The Balaban J connectivity index is 1.48. The van der Waals surface area contributed by atoms with Crippen LogP contribution >= 0.6 is 11.6 Å². The molecule has 3 N–H and O–H groups in total. The number of anilines is 2. The fraction of sp³-hybridized carbons (Fsp3) is 0.0476. The van der Waals surface area contributed by atoms with E-state index in [2.05, 4.69) is 25.6 Å². The first-order valence-corrected chi connectivity index (χ1v) is 9.74. The lowest BCUT2D eigenvalue weighted by molar-refractivity contribution is -0.137. The summed E-state index contributed by atoms with van der Waals surface area (Å²) in [6.07, 6.45) is -2.30. The summed E-state index contributed by atoms with van der Waals surface area (Å²) in [5.74, 6) is -0.627. The number of fused-ring (bicyclic) bond motifs is 1. The molecule has 0 bridgehead atoms. The summed E-state index contributed by atoms with van der Waals surface area (Å²) in [7, 11) is 0. The second-order valence-corrected chi connectivity index (χ2v) is 7.18. The molecule has 2 aromatic heterocycles. The fourth-order valence-corrected chi connectivity index (χ4v) is 3.12. The molecule has 13 heteroatoms. The molecule has 0 radical (unpaired) electrons. The molecule has 34 heavy (non-hydrogen) atoms. The van der Waals surface area contributed by atoms with Crippen molar-refractivity contribution in [2.75, 3.05) is 10.6 Å². The van der Waals surface area contributed by atoms with Crippen molar-refractivity contribution in [2.24, 2.45) is 0 Å². The number of nitrogens with zero attached hydrogens (tertiary/aromatic N) is 2. The van der Waals surface area contributed by atoms with Crippen LogP contribution in [0.25, 0.3) is 11.2 Å². The highest BCUT2D eigenvalue weighted by atomic mass is 35.5. The molecule has 0 unspecified atom stereocenters. The van der Waals surface area contributed by atoms with Crippen molar-refractivity contribution in [3.8, 4) is 11.5 Å². The summed E-state index contributed by atoms with van der Waals surface area (Å²) < 4.78 is 59.0. The zero-order chi connectivity index (χ0) is 24.5. The second kappa shape index (κ2) is 8.98. The van der Waals surface area contributed by atoms with Crippen LogP contribution in [0, 0.1) is 5.82 Å². The molecule has 4 aromatic rings. The minimum absolute atomic E-state index is 0.0523. The lowest BCUT2D eigenvalue weighted by atomic mass is 10.2. The zero-order valence-corrected chi connectivity index (χ0v) is 17.5. The highest BCUT2D eigenvalue weighted by Gasteiger charge is 2.33. The van der Waals surface area contributed by atoms with E-state index in [-0.39, 0.29) is 34.0 Å². The normalized spacial score (nSPS) is 11.3. The van der Waals surface area contributed by atoms with Crippen molar-refractivity contribution in [1.29, 1.82) is 0 Å². The van der Waals surface area contributed by atoms with Gasteiger partial charge in [-0.3, -0.25) is 4.79 Å². The average Bonchev–Trinajstić information content (AvgIpc) is 2.76. The van der Waals surface area contributed by atoms with Gasteiger partial charge in [-0.15, -0.1) is 0 Å². The molecule has 0 saturated carbocycles. The molecule has 0 fully saturated rings. The number of carbonyl (C=O) groups excluding carboxylic acids is 1. The Labute approximate surface area is 192 Å². The Bertz CT molecular complexity index is 1460. The smallest absolute Gasteiger partial charge is 0.417 e. The van der Waals surface area contributed by atoms with Crippen LogP contribution in [0.3, 0.4) is 0 Å². The van der Waals surface area contributed by atoms with Crippen molar-refractivity contribution in [3.63, 3.8) is 0 Å². The molecule has 174 valence electrons. The van der Waals surface area contributed by atoms with Crippen molar-refractivity contribution in [3.05, 3.63) is 81.6 Å². The quantitative estimate of drug-likeness (QED) is 0.322. The molecule has 0 spiro atoms. The number of urea groups is 1. The van der Waals surface area contributed by atoms with Gasteiger partial charge in [0, 0.05) is 24.0 Å². The van der Waals surface area contributed by atoms with Gasteiger partial charge in [-0.1, -0.05) is 11.6 Å². The van der Waals surface area contributed by atoms with E-state index >= 15 is 0 Å². The number of nitrogens with one attached hydrogen (secondary N) is 3. The van der Waals surface area contributed by atoms with Crippen molar-refractivity contribution in [1.82, 2.24) is 15.0 Å². The highest BCUT2D eigenvalue weighted by Crippen LogP contribution is 2.36. The molecule has 0 aliphatic heterocycles. The first-order valence-electron chi connectivity index (χ1n) is 9.36. The van der Waals surface area contributed by atoms with Gasteiger partial charge in [-0.2, -0.15) is 13.2 Å². The number of rotatable bonds is 4. The predicted octanol–water partition coefficient (Wildman–Crippen LogP) is 5.57. The minimum Gasteiger partial charge on any atom is -0.455 e. The maximum absolute atomic E-state index is 14.5. The SMILES string of the molecule is O=C(Nc1ccc(Cl)c(C(F)(F)F)c1)Nc1ccc(Oc2ccnc3[nH]c(=O)cnc23)cc1F. The van der Waals surface area contributed by atoms with E-state index in [1.165, 1.54) is 30.5 Å². The molecular weight excluding hydrogens is 482 g/mol. The summed E-state index contributed by atoms with van der Waals surface area (Å²) in [6, 6.07) is 6.84. The van der Waals surface area contributed by atoms with E-state index in [9.17, 15) is 27.2 Å². The van der Waals surface area contributed by atoms with Gasteiger partial charge in [0.25, 0.3) is 5.56 Å². The lowest BCUT2D eigenvalue weighted by Gasteiger charge is -2.13. The first kappa shape index (κ1) is 23.0. The third kappa shape index (κ3) is 5.07. The molecule has 2 aromatic carbocycles. The second-order valence-electron chi connectivity index (χ2n) is 6.77. The van der Waals surface area contributed by atoms with Crippen molar-refractivity contribution in [2.45, 2.75) is 6.18 Å². The Morgan fingerprint density at radius 2 is 1.85 bits per heavy atom. The van der Waals surface area contributed by atoms with Gasteiger partial charge in [0.05, 0.1) is 22.5 Å². The average molecular weight is 494 g/mol. The molecule has 2 amide bonds. The van der Waals surface area contributed by atoms with Gasteiger partial charge >= 0.3 is 12.2 Å². The third-order valence-electron chi connectivity index (χ3n) is 4.39. The van der Waals surface area contributed by atoms with Gasteiger partial charge in [0.15, 0.2) is 11.4 Å². The molecule has 8 nitrogen and oxygen atoms in total. The third-order valence-corrected chi connectivity index (χ3v) is 4.72. The Kier molecular flexibility index (Phi) is 6.07. The summed E-state index contributed by atoms with van der Waals surface area (Å²) in [6.45, 7) is 0. The van der Waals surface area contributed by atoms with Crippen LogP contribution in [0.5, 0.6) is 11.5 Å².